The second-order valence-electron chi connectivity index (χ2n) is 5.55. The van der Waals surface area contributed by atoms with E-state index in [1.807, 2.05) is 12.3 Å². The lowest BCUT2D eigenvalue weighted by Gasteiger charge is -2.18. The van der Waals surface area contributed by atoms with Gasteiger partial charge in [-0.25, -0.2) is 0 Å². The van der Waals surface area contributed by atoms with E-state index in [0.717, 1.165) is 25.1 Å². The average Bonchev–Trinajstić information content (AvgIpc) is 2.88. The Morgan fingerprint density at radius 1 is 1.33 bits per heavy atom. The maximum absolute atomic E-state index is 5.45. The molecule has 0 aliphatic heterocycles. The molecule has 0 aliphatic rings. The van der Waals surface area contributed by atoms with E-state index in [-0.39, 0.29) is 6.04 Å². The Kier molecular flexibility index (Phi) is 5.39. The molecule has 4 heteroatoms. The fraction of sp³-hybridized carbons (Fsp3) is 0.471. The van der Waals surface area contributed by atoms with Crippen LogP contribution in [0.1, 0.15) is 41.8 Å². The van der Waals surface area contributed by atoms with Crippen molar-refractivity contribution in [3.8, 4) is 5.75 Å². The van der Waals surface area contributed by atoms with Crippen molar-refractivity contribution in [2.45, 2.75) is 39.7 Å². The standard InChI is InChI=1S/C17H25N3O/c1-12-7-8-17(21-4)16(10-12)14(3)18-9-5-6-15-11-19-20-13(15)2/h7-8,10-11,14,18H,5-6,9H2,1-4H3,(H,19,20). The van der Waals surface area contributed by atoms with Gasteiger partial charge in [0, 0.05) is 17.3 Å². The van der Waals surface area contributed by atoms with E-state index in [1.54, 1.807) is 7.11 Å². The molecule has 4 nitrogen and oxygen atoms in total. The first-order chi connectivity index (χ1) is 10.1. The Balaban J connectivity index is 1.86. The van der Waals surface area contributed by atoms with Gasteiger partial charge < -0.3 is 10.1 Å². The SMILES string of the molecule is COc1ccc(C)cc1C(C)NCCCc1cn[nH]c1C. The topological polar surface area (TPSA) is 49.9 Å². The van der Waals surface area contributed by atoms with Crippen LogP contribution >= 0.6 is 0 Å². The van der Waals surface area contributed by atoms with Crippen molar-refractivity contribution in [2.75, 3.05) is 13.7 Å². The second kappa shape index (κ2) is 7.27. The van der Waals surface area contributed by atoms with E-state index >= 15 is 0 Å². The van der Waals surface area contributed by atoms with E-state index < -0.39 is 0 Å². The van der Waals surface area contributed by atoms with Gasteiger partial charge in [0.1, 0.15) is 5.75 Å². The van der Waals surface area contributed by atoms with Crippen molar-refractivity contribution < 1.29 is 4.74 Å². The number of benzene rings is 1. The van der Waals surface area contributed by atoms with Gasteiger partial charge in [-0.05, 0) is 51.8 Å². The van der Waals surface area contributed by atoms with Gasteiger partial charge in [-0.1, -0.05) is 17.7 Å². The van der Waals surface area contributed by atoms with E-state index in [0.29, 0.717) is 0 Å². The first-order valence-electron chi connectivity index (χ1n) is 7.48. The number of nitrogens with zero attached hydrogens (tertiary/aromatic N) is 1. The van der Waals surface area contributed by atoms with Gasteiger partial charge in [-0.2, -0.15) is 5.10 Å². The van der Waals surface area contributed by atoms with Crippen LogP contribution in [0.5, 0.6) is 5.75 Å². The number of ether oxygens (including phenoxy) is 1. The van der Waals surface area contributed by atoms with E-state index in [2.05, 4.69) is 48.4 Å². The lowest BCUT2D eigenvalue weighted by Crippen LogP contribution is -2.21. The third kappa shape index (κ3) is 4.08. The molecule has 0 aliphatic carbocycles. The van der Waals surface area contributed by atoms with Gasteiger partial charge >= 0.3 is 0 Å². The summed E-state index contributed by atoms with van der Waals surface area (Å²) in [7, 11) is 1.72. The van der Waals surface area contributed by atoms with E-state index in [9.17, 15) is 0 Å². The lowest BCUT2D eigenvalue weighted by molar-refractivity contribution is 0.401. The molecule has 0 amide bonds. The van der Waals surface area contributed by atoms with Crippen LogP contribution in [-0.2, 0) is 6.42 Å². The quantitative estimate of drug-likeness (QED) is 0.768. The van der Waals surface area contributed by atoms with Gasteiger partial charge in [0.05, 0.1) is 13.3 Å². The van der Waals surface area contributed by atoms with Crippen molar-refractivity contribution in [3.05, 3.63) is 46.8 Å². The van der Waals surface area contributed by atoms with Gasteiger partial charge in [-0.3, -0.25) is 5.10 Å². The molecule has 0 radical (unpaired) electrons. The fourth-order valence-electron chi connectivity index (χ4n) is 2.53. The Labute approximate surface area is 126 Å². The van der Waals surface area contributed by atoms with E-state index in [1.165, 1.54) is 22.4 Å². The number of hydrogen-bond acceptors (Lipinski definition) is 3. The first kappa shape index (κ1) is 15.6. The minimum absolute atomic E-state index is 0.283. The summed E-state index contributed by atoms with van der Waals surface area (Å²) in [6.07, 6.45) is 4.06. The van der Waals surface area contributed by atoms with Crippen molar-refractivity contribution in [3.63, 3.8) is 0 Å². The number of hydrogen-bond donors (Lipinski definition) is 2. The highest BCUT2D eigenvalue weighted by Gasteiger charge is 2.11. The summed E-state index contributed by atoms with van der Waals surface area (Å²) >= 11 is 0. The second-order valence-corrected chi connectivity index (χ2v) is 5.55. The Morgan fingerprint density at radius 2 is 2.14 bits per heavy atom. The van der Waals surface area contributed by atoms with Gasteiger partial charge in [0.2, 0.25) is 0 Å². The lowest BCUT2D eigenvalue weighted by atomic mass is 10.0. The van der Waals surface area contributed by atoms with Gasteiger partial charge in [0.15, 0.2) is 0 Å². The molecule has 0 fully saturated rings. The van der Waals surface area contributed by atoms with Crippen LogP contribution in [0.4, 0.5) is 0 Å². The molecule has 2 N–H and O–H groups in total. The van der Waals surface area contributed by atoms with Crippen molar-refractivity contribution in [1.29, 1.82) is 0 Å². The molecule has 1 aromatic heterocycles. The number of aryl methyl sites for hydroxylation is 3. The summed E-state index contributed by atoms with van der Waals surface area (Å²) < 4.78 is 5.45. The molecular formula is C17H25N3O. The van der Waals surface area contributed by atoms with Crippen LogP contribution in [-0.4, -0.2) is 23.9 Å². The van der Waals surface area contributed by atoms with Crippen LogP contribution in [0.3, 0.4) is 0 Å². The van der Waals surface area contributed by atoms with Gasteiger partial charge in [0.25, 0.3) is 0 Å². The van der Waals surface area contributed by atoms with Crippen LogP contribution in [0.15, 0.2) is 24.4 Å². The minimum Gasteiger partial charge on any atom is -0.496 e. The van der Waals surface area contributed by atoms with Crippen LogP contribution in [0, 0.1) is 13.8 Å². The Hall–Kier alpha value is -1.81. The number of rotatable bonds is 7. The predicted octanol–water partition coefficient (Wildman–Crippen LogP) is 3.32. The largest absolute Gasteiger partial charge is 0.496 e. The summed E-state index contributed by atoms with van der Waals surface area (Å²) in [5, 5.41) is 10.6. The zero-order valence-electron chi connectivity index (χ0n) is 13.4. The number of H-pyrrole nitrogens is 1. The molecule has 114 valence electrons. The molecular weight excluding hydrogens is 262 g/mol. The maximum atomic E-state index is 5.45. The molecule has 0 bridgehead atoms. The summed E-state index contributed by atoms with van der Waals surface area (Å²) in [6.45, 7) is 7.33. The smallest absolute Gasteiger partial charge is 0.123 e. The maximum Gasteiger partial charge on any atom is 0.123 e. The summed E-state index contributed by atoms with van der Waals surface area (Å²) in [5.74, 6) is 0.950. The molecule has 1 aromatic carbocycles. The van der Waals surface area contributed by atoms with Gasteiger partial charge in [-0.15, -0.1) is 0 Å². The Bertz CT molecular complexity index is 577. The highest BCUT2D eigenvalue weighted by molar-refractivity contribution is 5.38. The molecule has 2 aromatic rings. The molecule has 1 atom stereocenters. The molecule has 1 heterocycles. The molecule has 0 saturated carbocycles. The van der Waals surface area contributed by atoms with Crippen molar-refractivity contribution in [1.82, 2.24) is 15.5 Å². The highest BCUT2D eigenvalue weighted by atomic mass is 16.5. The summed E-state index contributed by atoms with van der Waals surface area (Å²) in [6, 6.07) is 6.59. The Morgan fingerprint density at radius 3 is 2.81 bits per heavy atom. The van der Waals surface area contributed by atoms with Crippen LogP contribution < -0.4 is 10.1 Å². The molecule has 21 heavy (non-hydrogen) atoms. The fourth-order valence-corrected chi connectivity index (χ4v) is 2.53. The average molecular weight is 287 g/mol. The van der Waals surface area contributed by atoms with Crippen LogP contribution in [0.2, 0.25) is 0 Å². The molecule has 1 unspecified atom stereocenters. The van der Waals surface area contributed by atoms with E-state index in [4.69, 9.17) is 4.74 Å². The summed E-state index contributed by atoms with van der Waals surface area (Å²) in [4.78, 5) is 0. The van der Waals surface area contributed by atoms with Crippen molar-refractivity contribution >= 4 is 0 Å². The minimum atomic E-state index is 0.283. The molecule has 0 saturated heterocycles. The molecule has 0 spiro atoms. The first-order valence-corrected chi connectivity index (χ1v) is 7.48. The molecule has 2 rings (SSSR count). The summed E-state index contributed by atoms with van der Waals surface area (Å²) in [5.41, 5.74) is 4.95. The van der Waals surface area contributed by atoms with Crippen molar-refractivity contribution in [2.24, 2.45) is 0 Å². The number of methoxy groups -OCH3 is 1. The van der Waals surface area contributed by atoms with Crippen LogP contribution in [0.25, 0.3) is 0 Å². The highest BCUT2D eigenvalue weighted by Crippen LogP contribution is 2.25. The zero-order chi connectivity index (χ0) is 15.2. The number of nitrogens with one attached hydrogen (secondary N) is 2. The third-order valence-electron chi connectivity index (χ3n) is 3.86. The normalized spacial score (nSPS) is 12.4. The number of aromatic nitrogens is 2. The third-order valence-corrected chi connectivity index (χ3v) is 3.86. The monoisotopic (exact) mass is 287 g/mol. The number of aromatic amines is 1. The zero-order valence-corrected chi connectivity index (χ0v) is 13.4. The predicted molar refractivity (Wildman–Crippen MR) is 85.8 cm³/mol.